The average molecular weight is 587 g/mol. The van der Waals surface area contributed by atoms with Gasteiger partial charge in [0.15, 0.2) is 0 Å². The molecule has 0 bridgehead atoms. The summed E-state index contributed by atoms with van der Waals surface area (Å²) in [7, 11) is -3.67. The van der Waals surface area contributed by atoms with Crippen LogP contribution in [-0.2, 0) is 26.2 Å². The molecular weight excluding hydrogens is 552 g/mol. The van der Waals surface area contributed by atoms with Crippen LogP contribution in [0.1, 0.15) is 57.4 Å². The van der Waals surface area contributed by atoms with Crippen LogP contribution >= 0.6 is 23.2 Å². The molecule has 1 fully saturated rings. The molecule has 1 aliphatic carbocycles. The molecule has 0 radical (unpaired) electrons. The third-order valence-electron chi connectivity index (χ3n) is 6.78. The van der Waals surface area contributed by atoms with Crippen LogP contribution in [-0.4, -0.2) is 50.0 Å². The molecule has 3 rings (SSSR count). The number of carbonyl (C=O) groups is 2. The largest absolute Gasteiger partial charge is 0.352 e. The summed E-state index contributed by atoms with van der Waals surface area (Å²) in [6.07, 6.45) is 6.32. The van der Waals surface area contributed by atoms with E-state index >= 15 is 0 Å². The molecule has 0 spiro atoms. The van der Waals surface area contributed by atoms with E-state index in [0.29, 0.717) is 21.3 Å². The Bertz CT molecular complexity index is 1200. The van der Waals surface area contributed by atoms with Gasteiger partial charge in [-0.1, -0.05) is 48.5 Å². The van der Waals surface area contributed by atoms with Gasteiger partial charge in [-0.2, -0.15) is 0 Å². The van der Waals surface area contributed by atoms with Gasteiger partial charge in [-0.05, 0) is 62.6 Å². The number of hydrogen-bond acceptors (Lipinski definition) is 4. The Labute approximate surface area is 234 Å². The van der Waals surface area contributed by atoms with Gasteiger partial charge in [-0.3, -0.25) is 13.9 Å². The second-order valence-electron chi connectivity index (χ2n) is 9.66. The molecule has 0 unspecified atom stereocenters. The van der Waals surface area contributed by atoms with E-state index in [1.165, 1.54) is 29.2 Å². The van der Waals surface area contributed by atoms with Crippen LogP contribution in [0.25, 0.3) is 0 Å². The summed E-state index contributed by atoms with van der Waals surface area (Å²) in [4.78, 5) is 28.1. The smallest absolute Gasteiger partial charge is 0.242 e. The van der Waals surface area contributed by atoms with Gasteiger partial charge in [0.2, 0.25) is 21.8 Å². The van der Waals surface area contributed by atoms with Crippen molar-refractivity contribution >= 4 is 50.7 Å². The molecular formula is C27H34Cl2FN3O4S. The highest BCUT2D eigenvalue weighted by Gasteiger charge is 2.29. The van der Waals surface area contributed by atoms with Gasteiger partial charge in [-0.15, -0.1) is 0 Å². The Morgan fingerprint density at radius 1 is 1.05 bits per heavy atom. The number of halogens is 3. The maximum absolute atomic E-state index is 13.5. The molecule has 2 aromatic rings. The van der Waals surface area contributed by atoms with Crippen molar-refractivity contribution in [2.24, 2.45) is 0 Å². The molecule has 1 atom stereocenters. The standard InChI is InChI=1S/C27H34Cl2FN3O4S/c1-19(27(35)31-21-8-4-3-5-9-21)32(18-23-24(28)10-6-11-25(23)29)26(34)12-7-17-33(38(2,36)37)22-15-13-20(30)14-16-22/h6,10-11,13-16,19,21H,3-5,7-9,12,17-18H2,1-2H3,(H,31,35)/t19-/m0/s1. The first-order chi connectivity index (χ1) is 18.0. The van der Waals surface area contributed by atoms with Gasteiger partial charge in [0.05, 0.1) is 11.9 Å². The molecule has 0 aromatic heterocycles. The Kier molecular flexibility index (Phi) is 10.8. The quantitative estimate of drug-likeness (QED) is 0.375. The van der Waals surface area contributed by atoms with Gasteiger partial charge >= 0.3 is 0 Å². The minimum absolute atomic E-state index is 0.0134. The maximum atomic E-state index is 13.5. The topological polar surface area (TPSA) is 86.8 Å². The first-order valence-corrected chi connectivity index (χ1v) is 15.3. The van der Waals surface area contributed by atoms with E-state index in [1.54, 1.807) is 25.1 Å². The van der Waals surface area contributed by atoms with Crippen molar-refractivity contribution in [1.29, 1.82) is 0 Å². The third-order valence-corrected chi connectivity index (χ3v) is 8.68. The number of carbonyl (C=O) groups excluding carboxylic acids is 2. The van der Waals surface area contributed by atoms with E-state index in [-0.39, 0.29) is 43.8 Å². The predicted molar refractivity (Wildman–Crippen MR) is 149 cm³/mol. The highest BCUT2D eigenvalue weighted by atomic mass is 35.5. The van der Waals surface area contributed by atoms with Crippen molar-refractivity contribution in [3.05, 3.63) is 63.9 Å². The average Bonchev–Trinajstić information content (AvgIpc) is 2.86. The summed E-state index contributed by atoms with van der Waals surface area (Å²) in [5.41, 5.74) is 0.840. The van der Waals surface area contributed by atoms with Crippen LogP contribution in [0.15, 0.2) is 42.5 Å². The number of rotatable bonds is 11. The first-order valence-electron chi connectivity index (χ1n) is 12.7. The summed E-state index contributed by atoms with van der Waals surface area (Å²) in [5, 5.41) is 3.84. The molecule has 0 aliphatic heterocycles. The number of hydrogen-bond donors (Lipinski definition) is 1. The number of anilines is 1. The van der Waals surface area contributed by atoms with Crippen molar-refractivity contribution in [3.8, 4) is 0 Å². The molecule has 1 aliphatic rings. The fourth-order valence-electron chi connectivity index (χ4n) is 4.62. The zero-order valence-corrected chi connectivity index (χ0v) is 24.0. The zero-order valence-electron chi connectivity index (χ0n) is 21.6. The van der Waals surface area contributed by atoms with Crippen molar-refractivity contribution in [3.63, 3.8) is 0 Å². The molecule has 1 saturated carbocycles. The lowest BCUT2D eigenvalue weighted by Gasteiger charge is -2.32. The minimum atomic E-state index is -3.67. The van der Waals surface area contributed by atoms with Crippen LogP contribution in [0.2, 0.25) is 10.0 Å². The molecule has 2 aromatic carbocycles. The number of nitrogens with one attached hydrogen (secondary N) is 1. The van der Waals surface area contributed by atoms with E-state index in [0.717, 1.165) is 42.7 Å². The van der Waals surface area contributed by atoms with Gasteiger partial charge < -0.3 is 10.2 Å². The number of sulfonamides is 1. The third kappa shape index (κ3) is 8.32. The van der Waals surface area contributed by atoms with Crippen molar-refractivity contribution < 1.29 is 22.4 Å². The van der Waals surface area contributed by atoms with Gasteiger partial charge in [0.1, 0.15) is 11.9 Å². The summed E-state index contributed by atoms with van der Waals surface area (Å²) < 4.78 is 39.2. The summed E-state index contributed by atoms with van der Waals surface area (Å²) in [6.45, 7) is 1.71. The second-order valence-corrected chi connectivity index (χ2v) is 12.4. The lowest BCUT2D eigenvalue weighted by molar-refractivity contribution is -0.141. The second kappa shape index (κ2) is 13.6. The molecule has 0 heterocycles. The Balaban J connectivity index is 1.75. The Morgan fingerprint density at radius 2 is 1.66 bits per heavy atom. The first kappa shape index (κ1) is 30.2. The van der Waals surface area contributed by atoms with E-state index < -0.39 is 21.9 Å². The minimum Gasteiger partial charge on any atom is -0.352 e. The van der Waals surface area contributed by atoms with Crippen LogP contribution in [0.4, 0.5) is 10.1 Å². The van der Waals surface area contributed by atoms with E-state index in [1.807, 2.05) is 0 Å². The van der Waals surface area contributed by atoms with Crippen LogP contribution in [0.3, 0.4) is 0 Å². The normalized spacial score (nSPS) is 15.1. The number of amides is 2. The predicted octanol–water partition coefficient (Wildman–Crippen LogP) is 5.54. The van der Waals surface area contributed by atoms with Gasteiger partial charge in [0.25, 0.3) is 0 Å². The number of nitrogens with zero attached hydrogens (tertiary/aromatic N) is 2. The molecule has 0 saturated heterocycles. The molecule has 2 amide bonds. The Hall–Kier alpha value is -2.36. The fraction of sp³-hybridized carbons (Fsp3) is 0.481. The molecule has 1 N–H and O–H groups in total. The molecule has 38 heavy (non-hydrogen) atoms. The summed E-state index contributed by atoms with van der Waals surface area (Å²) >= 11 is 12.7. The highest BCUT2D eigenvalue weighted by Crippen LogP contribution is 2.27. The highest BCUT2D eigenvalue weighted by molar-refractivity contribution is 7.92. The zero-order chi connectivity index (χ0) is 27.9. The van der Waals surface area contributed by atoms with Crippen molar-refractivity contribution in [1.82, 2.24) is 10.2 Å². The lowest BCUT2D eigenvalue weighted by Crippen LogP contribution is -2.50. The van der Waals surface area contributed by atoms with Crippen molar-refractivity contribution in [2.45, 2.75) is 70.5 Å². The molecule has 7 nitrogen and oxygen atoms in total. The molecule has 11 heteroatoms. The van der Waals surface area contributed by atoms with E-state index in [4.69, 9.17) is 23.2 Å². The summed E-state index contributed by atoms with van der Waals surface area (Å²) in [5.74, 6) is -1.07. The number of benzene rings is 2. The lowest BCUT2D eigenvalue weighted by atomic mass is 9.95. The fourth-order valence-corrected chi connectivity index (χ4v) is 6.10. The summed E-state index contributed by atoms with van der Waals surface area (Å²) in [6, 6.07) is 9.45. The van der Waals surface area contributed by atoms with Gasteiger partial charge in [-0.25, -0.2) is 12.8 Å². The van der Waals surface area contributed by atoms with E-state index in [2.05, 4.69) is 5.32 Å². The maximum Gasteiger partial charge on any atom is 0.242 e. The van der Waals surface area contributed by atoms with E-state index in [9.17, 15) is 22.4 Å². The molecule has 208 valence electrons. The van der Waals surface area contributed by atoms with Gasteiger partial charge in [0, 0.05) is 41.2 Å². The monoisotopic (exact) mass is 585 g/mol. The van der Waals surface area contributed by atoms with Crippen molar-refractivity contribution in [2.75, 3.05) is 17.1 Å². The SMILES string of the molecule is C[C@@H](C(=O)NC1CCCCC1)N(Cc1c(Cl)cccc1Cl)C(=O)CCCN(c1ccc(F)cc1)S(C)(=O)=O. The van der Waals surface area contributed by atoms with Crippen LogP contribution < -0.4 is 9.62 Å². The van der Waals surface area contributed by atoms with Crippen LogP contribution in [0, 0.1) is 5.82 Å². The van der Waals surface area contributed by atoms with Crippen LogP contribution in [0.5, 0.6) is 0 Å². The Morgan fingerprint density at radius 3 is 2.24 bits per heavy atom.